The minimum absolute atomic E-state index is 0.120. The molecule has 4 aromatic rings. The van der Waals surface area contributed by atoms with Gasteiger partial charge in [-0.25, -0.2) is 9.37 Å². The smallest absolute Gasteiger partial charge is 0.231 e. The highest BCUT2D eigenvalue weighted by Gasteiger charge is 2.31. The summed E-state index contributed by atoms with van der Waals surface area (Å²) >= 11 is 6.72. The Morgan fingerprint density at radius 1 is 1.00 bits per heavy atom. The molecule has 3 heterocycles. The number of para-hydroxylation sites is 2. The molecule has 1 atom stereocenters. The van der Waals surface area contributed by atoms with Crippen LogP contribution in [0.4, 0.5) is 4.39 Å². The highest BCUT2D eigenvalue weighted by atomic mass is 35.5. The van der Waals surface area contributed by atoms with E-state index in [0.717, 1.165) is 60.5 Å². The Balaban J connectivity index is 1.46. The van der Waals surface area contributed by atoms with Crippen molar-refractivity contribution in [2.24, 2.45) is 5.92 Å². The minimum Gasteiger partial charge on any atom is -0.454 e. The Kier molecular flexibility index (Phi) is 6.08. The van der Waals surface area contributed by atoms with Gasteiger partial charge in [-0.05, 0) is 68.1 Å². The number of nitrogens with zero attached hydrogens (tertiary/aromatic N) is 2. The van der Waals surface area contributed by atoms with Crippen LogP contribution in [0.25, 0.3) is 11.0 Å². The van der Waals surface area contributed by atoms with Gasteiger partial charge in [-0.2, -0.15) is 0 Å². The summed E-state index contributed by atoms with van der Waals surface area (Å²) in [4.78, 5) is 5.13. The van der Waals surface area contributed by atoms with Crippen LogP contribution in [0.2, 0.25) is 5.02 Å². The lowest BCUT2D eigenvalue weighted by Crippen LogP contribution is -2.32. The molecular formula is C28H27ClFN3O2. The van der Waals surface area contributed by atoms with Crippen molar-refractivity contribution in [2.45, 2.75) is 31.7 Å². The molecule has 0 saturated carbocycles. The third-order valence-electron chi connectivity index (χ3n) is 7.24. The van der Waals surface area contributed by atoms with Crippen molar-refractivity contribution in [1.82, 2.24) is 14.9 Å². The zero-order valence-electron chi connectivity index (χ0n) is 19.3. The molecule has 35 heavy (non-hydrogen) atoms. The first-order valence-electron chi connectivity index (χ1n) is 12.1. The van der Waals surface area contributed by atoms with Gasteiger partial charge < -0.3 is 19.4 Å². The van der Waals surface area contributed by atoms with Gasteiger partial charge in [0.05, 0.1) is 17.6 Å². The van der Waals surface area contributed by atoms with Crippen LogP contribution in [0.1, 0.15) is 35.7 Å². The highest BCUT2D eigenvalue weighted by Crippen LogP contribution is 2.41. The molecular weight excluding hydrogens is 465 g/mol. The van der Waals surface area contributed by atoms with Gasteiger partial charge in [0.25, 0.3) is 0 Å². The van der Waals surface area contributed by atoms with Crippen LogP contribution in [-0.4, -0.2) is 29.4 Å². The maximum Gasteiger partial charge on any atom is 0.231 e. The van der Waals surface area contributed by atoms with Gasteiger partial charge in [0.15, 0.2) is 11.5 Å². The fourth-order valence-corrected chi connectivity index (χ4v) is 5.64. The number of benzene rings is 3. The second-order valence-electron chi connectivity index (χ2n) is 9.33. The summed E-state index contributed by atoms with van der Waals surface area (Å²) in [6.07, 6.45) is 2.83. The van der Waals surface area contributed by atoms with Gasteiger partial charge in [-0.15, -0.1) is 0 Å². The fourth-order valence-electron chi connectivity index (χ4n) is 5.41. The molecule has 3 aromatic carbocycles. The molecule has 1 unspecified atom stereocenters. The number of fused-ring (bicyclic) bond motifs is 2. The number of aromatic nitrogens is 2. The van der Waals surface area contributed by atoms with Crippen molar-refractivity contribution in [3.8, 4) is 11.5 Å². The summed E-state index contributed by atoms with van der Waals surface area (Å²) in [5, 5.41) is 4.15. The molecule has 1 saturated heterocycles. The average molecular weight is 492 g/mol. The van der Waals surface area contributed by atoms with E-state index in [-0.39, 0.29) is 18.5 Å². The summed E-state index contributed by atoms with van der Waals surface area (Å²) in [5.41, 5.74) is 3.61. The van der Waals surface area contributed by atoms with Gasteiger partial charge in [0.1, 0.15) is 11.6 Å². The molecule has 0 amide bonds. The molecule has 180 valence electrons. The van der Waals surface area contributed by atoms with Crippen molar-refractivity contribution in [3.63, 3.8) is 0 Å². The number of hydrogen-bond acceptors (Lipinski definition) is 4. The van der Waals surface area contributed by atoms with E-state index in [0.29, 0.717) is 28.8 Å². The predicted molar refractivity (Wildman–Crippen MR) is 135 cm³/mol. The monoisotopic (exact) mass is 491 g/mol. The summed E-state index contributed by atoms with van der Waals surface area (Å²) in [6, 6.07) is 18.9. The maximum atomic E-state index is 14.7. The zero-order chi connectivity index (χ0) is 23.8. The molecule has 0 radical (unpaired) electrons. The van der Waals surface area contributed by atoms with E-state index in [1.54, 1.807) is 6.07 Å². The Labute approximate surface area is 208 Å². The maximum absolute atomic E-state index is 14.7. The summed E-state index contributed by atoms with van der Waals surface area (Å²) < 4.78 is 28.1. The van der Waals surface area contributed by atoms with Crippen LogP contribution in [0, 0.1) is 11.7 Å². The summed E-state index contributed by atoms with van der Waals surface area (Å²) in [5.74, 6) is 2.74. The van der Waals surface area contributed by atoms with E-state index in [1.807, 2.05) is 42.5 Å². The van der Waals surface area contributed by atoms with Crippen molar-refractivity contribution in [2.75, 3.05) is 19.9 Å². The SMILES string of the molecule is Fc1ccccc1Cn1c(C(Cc2cc3c(cc2Cl)OCO3)C2CCNCC2)nc2ccccc21. The fraction of sp³-hybridized carbons (Fsp3) is 0.321. The Bertz CT molecular complexity index is 1370. The van der Waals surface area contributed by atoms with Crippen LogP contribution < -0.4 is 14.8 Å². The second kappa shape index (κ2) is 9.51. The number of nitrogens with one attached hydrogen (secondary N) is 1. The lowest BCUT2D eigenvalue weighted by molar-refractivity contribution is 0.174. The topological polar surface area (TPSA) is 48.3 Å². The number of piperidine rings is 1. The van der Waals surface area contributed by atoms with Crippen molar-refractivity contribution in [1.29, 1.82) is 0 Å². The Morgan fingerprint density at radius 2 is 1.74 bits per heavy atom. The highest BCUT2D eigenvalue weighted by molar-refractivity contribution is 6.31. The van der Waals surface area contributed by atoms with Gasteiger partial charge in [-0.3, -0.25) is 0 Å². The van der Waals surface area contributed by atoms with Gasteiger partial charge in [0.2, 0.25) is 6.79 Å². The molecule has 0 aliphatic carbocycles. The van der Waals surface area contributed by atoms with Crippen LogP contribution >= 0.6 is 11.6 Å². The molecule has 1 aromatic heterocycles. The molecule has 6 rings (SSSR count). The predicted octanol–water partition coefficient (Wildman–Crippen LogP) is 5.93. The van der Waals surface area contributed by atoms with E-state index < -0.39 is 0 Å². The number of halogens is 2. The third-order valence-corrected chi connectivity index (χ3v) is 7.59. The lowest BCUT2D eigenvalue weighted by atomic mass is 9.80. The number of ether oxygens (including phenoxy) is 2. The zero-order valence-corrected chi connectivity index (χ0v) is 20.1. The first kappa shape index (κ1) is 22.4. The van der Waals surface area contributed by atoms with Crippen molar-refractivity contribution >= 4 is 22.6 Å². The third kappa shape index (κ3) is 4.37. The largest absolute Gasteiger partial charge is 0.454 e. The normalized spacial score (nSPS) is 16.6. The van der Waals surface area contributed by atoms with Crippen molar-refractivity contribution < 1.29 is 13.9 Å². The van der Waals surface area contributed by atoms with E-state index >= 15 is 0 Å². The first-order chi connectivity index (χ1) is 17.2. The molecule has 7 heteroatoms. The minimum atomic E-state index is -0.200. The number of imidazole rings is 1. The van der Waals surface area contributed by atoms with E-state index in [2.05, 4.69) is 16.0 Å². The van der Waals surface area contributed by atoms with Crippen LogP contribution in [0.3, 0.4) is 0 Å². The van der Waals surface area contributed by atoms with Gasteiger partial charge in [-0.1, -0.05) is 41.9 Å². The van der Waals surface area contributed by atoms with Crippen LogP contribution in [0.5, 0.6) is 11.5 Å². The van der Waals surface area contributed by atoms with Crippen LogP contribution in [-0.2, 0) is 13.0 Å². The van der Waals surface area contributed by atoms with Crippen molar-refractivity contribution in [3.05, 3.63) is 88.5 Å². The Morgan fingerprint density at radius 3 is 2.57 bits per heavy atom. The lowest BCUT2D eigenvalue weighted by Gasteiger charge is -2.31. The molecule has 0 bridgehead atoms. The van der Waals surface area contributed by atoms with E-state index in [4.69, 9.17) is 26.1 Å². The quantitative estimate of drug-likeness (QED) is 0.363. The average Bonchev–Trinajstić information content (AvgIpc) is 3.48. The van der Waals surface area contributed by atoms with E-state index in [9.17, 15) is 4.39 Å². The van der Waals surface area contributed by atoms with Gasteiger partial charge >= 0.3 is 0 Å². The Hall–Kier alpha value is -3.09. The molecule has 1 N–H and O–H groups in total. The summed E-state index contributed by atoms with van der Waals surface area (Å²) in [6.45, 7) is 2.59. The first-order valence-corrected chi connectivity index (χ1v) is 12.5. The number of hydrogen-bond donors (Lipinski definition) is 1. The molecule has 0 spiro atoms. The molecule has 2 aliphatic rings. The standard InChI is InChI=1S/C28H27ClFN3O2/c29-22-15-27-26(34-17-35-27)14-20(22)13-21(18-9-11-31-12-10-18)28-32-24-7-3-4-8-25(24)33(28)16-19-5-1-2-6-23(19)30/h1-8,14-15,18,21,31H,9-13,16-17H2. The summed E-state index contributed by atoms with van der Waals surface area (Å²) in [7, 11) is 0. The molecule has 5 nitrogen and oxygen atoms in total. The molecule has 2 aliphatic heterocycles. The molecule has 1 fully saturated rings. The van der Waals surface area contributed by atoms with E-state index in [1.165, 1.54) is 6.07 Å². The van der Waals surface area contributed by atoms with Crippen LogP contribution in [0.15, 0.2) is 60.7 Å². The second-order valence-corrected chi connectivity index (χ2v) is 9.74. The number of rotatable bonds is 6. The van der Waals surface area contributed by atoms with Gasteiger partial charge in [0, 0.05) is 22.6 Å².